The van der Waals surface area contributed by atoms with Gasteiger partial charge in [-0.25, -0.2) is 8.78 Å². The van der Waals surface area contributed by atoms with E-state index in [1.165, 1.54) is 0 Å². The number of nitrogens with zero attached hydrogens (tertiary/aromatic N) is 3. The molecule has 0 aromatic heterocycles. The van der Waals surface area contributed by atoms with Gasteiger partial charge >= 0.3 is 0 Å². The summed E-state index contributed by atoms with van der Waals surface area (Å²) in [6.07, 6.45) is -0.647. The zero-order valence-corrected chi connectivity index (χ0v) is 6.84. The van der Waals surface area contributed by atoms with Crippen molar-refractivity contribution in [3.8, 4) is 0 Å². The van der Waals surface area contributed by atoms with Crippen molar-refractivity contribution in [3.05, 3.63) is 39.4 Å². The molecule has 1 unspecified atom stereocenters. The number of azide groups is 1. The SMILES string of the molecule is [N-]=[N+]=NC1=C(F)C(F)=C=C(F)C1(F)C=O. The van der Waals surface area contributed by atoms with E-state index in [9.17, 15) is 22.4 Å². The Labute approximate surface area is 79.8 Å². The van der Waals surface area contributed by atoms with Crippen LogP contribution in [-0.4, -0.2) is 12.0 Å². The van der Waals surface area contributed by atoms with E-state index in [0.717, 1.165) is 5.73 Å². The second kappa shape index (κ2) is 3.61. The fourth-order valence-corrected chi connectivity index (χ4v) is 0.879. The Balaban J connectivity index is 3.60. The summed E-state index contributed by atoms with van der Waals surface area (Å²) in [5, 5.41) is 2.41. The normalized spacial score (nSPS) is 25.3. The Morgan fingerprint density at radius 2 is 2.07 bits per heavy atom. The van der Waals surface area contributed by atoms with Gasteiger partial charge in [-0.15, -0.1) is 0 Å². The van der Waals surface area contributed by atoms with E-state index < -0.39 is 35.1 Å². The van der Waals surface area contributed by atoms with E-state index in [4.69, 9.17) is 5.53 Å². The van der Waals surface area contributed by atoms with Crippen molar-refractivity contribution >= 4 is 6.29 Å². The number of carbonyl (C=O) groups is 1. The maximum Gasteiger partial charge on any atom is 0.254 e. The third-order valence-corrected chi connectivity index (χ3v) is 1.59. The van der Waals surface area contributed by atoms with Crippen LogP contribution < -0.4 is 0 Å². The first kappa shape index (κ1) is 11.0. The van der Waals surface area contributed by atoms with Gasteiger partial charge in [-0.2, -0.15) is 8.78 Å². The average molecular weight is 219 g/mol. The summed E-state index contributed by atoms with van der Waals surface area (Å²) in [6, 6.07) is 0. The number of hydrogen-bond donors (Lipinski definition) is 0. The van der Waals surface area contributed by atoms with Gasteiger partial charge in [0.2, 0.25) is 5.83 Å². The van der Waals surface area contributed by atoms with Crippen LogP contribution >= 0.6 is 0 Å². The lowest BCUT2D eigenvalue weighted by Crippen LogP contribution is -2.30. The summed E-state index contributed by atoms with van der Waals surface area (Å²) < 4.78 is 51.5. The Kier molecular flexibility index (Phi) is 2.65. The largest absolute Gasteiger partial charge is 0.299 e. The zero-order chi connectivity index (χ0) is 11.6. The summed E-state index contributed by atoms with van der Waals surface area (Å²) in [7, 11) is 0. The summed E-state index contributed by atoms with van der Waals surface area (Å²) >= 11 is 0. The molecule has 0 aromatic carbocycles. The number of allylic oxidation sites excluding steroid dienone is 2. The Morgan fingerprint density at radius 1 is 1.47 bits per heavy atom. The standard InChI is InChI=1S/C7HF4N3O/c8-3-1-4(9)7(11,2-15)6(5(3)10)13-14-12/h2H. The van der Waals surface area contributed by atoms with E-state index in [2.05, 4.69) is 5.11 Å². The van der Waals surface area contributed by atoms with Gasteiger partial charge in [0.25, 0.3) is 5.67 Å². The first-order valence-corrected chi connectivity index (χ1v) is 3.40. The van der Waals surface area contributed by atoms with Gasteiger partial charge in [0.1, 0.15) is 5.70 Å². The van der Waals surface area contributed by atoms with Crippen LogP contribution in [-0.2, 0) is 4.79 Å². The quantitative estimate of drug-likeness (QED) is 0.176. The van der Waals surface area contributed by atoms with Gasteiger partial charge in [0, 0.05) is 4.91 Å². The fraction of sp³-hybridized carbons (Fsp3) is 0.143. The van der Waals surface area contributed by atoms with E-state index >= 15 is 0 Å². The molecule has 0 bridgehead atoms. The average Bonchev–Trinajstić information content (AvgIpc) is 2.21. The van der Waals surface area contributed by atoms with Crippen molar-refractivity contribution in [2.45, 2.75) is 5.67 Å². The number of halogens is 4. The predicted octanol–water partition coefficient (Wildman–Crippen LogP) is 2.70. The molecule has 15 heavy (non-hydrogen) atoms. The topological polar surface area (TPSA) is 65.8 Å². The molecule has 1 rings (SSSR count). The predicted molar refractivity (Wildman–Crippen MR) is 39.9 cm³/mol. The molecule has 78 valence electrons. The highest BCUT2D eigenvalue weighted by Gasteiger charge is 2.45. The van der Waals surface area contributed by atoms with E-state index in [-0.39, 0.29) is 0 Å². The minimum Gasteiger partial charge on any atom is -0.299 e. The molecule has 1 aliphatic carbocycles. The third kappa shape index (κ3) is 1.52. The molecule has 8 heteroatoms. The van der Waals surface area contributed by atoms with Gasteiger partial charge < -0.3 is 0 Å². The Hall–Kier alpha value is -2.04. The number of hydrogen-bond acceptors (Lipinski definition) is 2. The van der Waals surface area contributed by atoms with Crippen LogP contribution in [0, 0.1) is 0 Å². The second-order valence-corrected chi connectivity index (χ2v) is 2.43. The van der Waals surface area contributed by atoms with Gasteiger partial charge in [-0.1, -0.05) is 5.11 Å². The summed E-state index contributed by atoms with van der Waals surface area (Å²) in [6.45, 7) is 0. The molecule has 0 fully saturated rings. The molecule has 0 saturated carbocycles. The monoisotopic (exact) mass is 219 g/mol. The molecule has 0 aliphatic heterocycles. The maximum atomic E-state index is 13.4. The van der Waals surface area contributed by atoms with Crippen LogP contribution in [0.3, 0.4) is 0 Å². The lowest BCUT2D eigenvalue weighted by atomic mass is 9.98. The first-order valence-electron chi connectivity index (χ1n) is 3.40. The summed E-state index contributed by atoms with van der Waals surface area (Å²) in [5.74, 6) is -5.83. The molecule has 0 heterocycles. The molecule has 4 nitrogen and oxygen atoms in total. The molecule has 0 saturated heterocycles. The van der Waals surface area contributed by atoms with Crippen molar-refractivity contribution in [2.75, 3.05) is 0 Å². The molecule has 0 aromatic rings. The van der Waals surface area contributed by atoms with Crippen molar-refractivity contribution in [1.82, 2.24) is 0 Å². The second-order valence-electron chi connectivity index (χ2n) is 2.43. The van der Waals surface area contributed by atoms with Crippen molar-refractivity contribution in [3.63, 3.8) is 0 Å². The Bertz CT molecular complexity index is 471. The van der Waals surface area contributed by atoms with Gasteiger partial charge in [0.15, 0.2) is 17.9 Å². The van der Waals surface area contributed by atoms with Crippen LogP contribution in [0.5, 0.6) is 0 Å². The van der Waals surface area contributed by atoms with E-state index in [1.54, 1.807) is 0 Å². The molecule has 0 spiro atoms. The van der Waals surface area contributed by atoms with E-state index in [0.29, 0.717) is 0 Å². The molecule has 1 atom stereocenters. The molecular weight excluding hydrogens is 218 g/mol. The van der Waals surface area contributed by atoms with E-state index in [1.807, 2.05) is 4.91 Å². The van der Waals surface area contributed by atoms with Crippen LogP contribution in [0.1, 0.15) is 0 Å². The van der Waals surface area contributed by atoms with Gasteiger partial charge in [-0.05, 0) is 11.3 Å². The number of rotatable bonds is 2. The van der Waals surface area contributed by atoms with Crippen LogP contribution in [0.2, 0.25) is 0 Å². The minimum atomic E-state index is -3.62. The summed E-state index contributed by atoms with van der Waals surface area (Å²) in [4.78, 5) is 12.2. The number of carbonyl (C=O) groups excluding carboxylic acids is 1. The Morgan fingerprint density at radius 3 is 2.53 bits per heavy atom. The fourth-order valence-electron chi connectivity index (χ4n) is 0.879. The highest BCUT2D eigenvalue weighted by molar-refractivity contribution is 5.75. The number of aldehydes is 1. The highest BCUT2D eigenvalue weighted by atomic mass is 19.2. The van der Waals surface area contributed by atoms with Gasteiger partial charge in [0.05, 0.1) is 0 Å². The molecule has 0 amide bonds. The maximum absolute atomic E-state index is 13.4. The van der Waals surface area contributed by atoms with Crippen LogP contribution in [0.4, 0.5) is 17.6 Å². The first-order chi connectivity index (χ1) is 6.97. The third-order valence-electron chi connectivity index (χ3n) is 1.59. The number of alkyl halides is 1. The molecule has 1 aliphatic rings. The van der Waals surface area contributed by atoms with Gasteiger partial charge in [-0.3, -0.25) is 4.79 Å². The molecular formula is C7HF4N3O. The molecule has 0 N–H and O–H groups in total. The molecule has 0 radical (unpaired) electrons. The van der Waals surface area contributed by atoms with Crippen molar-refractivity contribution < 1.29 is 22.4 Å². The smallest absolute Gasteiger partial charge is 0.254 e. The minimum absolute atomic E-state index is 0.647. The zero-order valence-electron chi connectivity index (χ0n) is 6.84. The van der Waals surface area contributed by atoms with Crippen LogP contribution in [0.15, 0.2) is 34.0 Å². The van der Waals surface area contributed by atoms with Crippen molar-refractivity contribution in [2.24, 2.45) is 5.11 Å². The lowest BCUT2D eigenvalue weighted by molar-refractivity contribution is -0.115. The van der Waals surface area contributed by atoms with Crippen LogP contribution in [0.25, 0.3) is 10.4 Å². The lowest BCUT2D eigenvalue weighted by Gasteiger charge is -2.18. The summed E-state index contributed by atoms with van der Waals surface area (Å²) in [5.41, 5.74) is 3.74. The van der Waals surface area contributed by atoms with Crippen molar-refractivity contribution in [1.29, 1.82) is 0 Å². The highest BCUT2D eigenvalue weighted by Crippen LogP contribution is 2.38.